The highest BCUT2D eigenvalue weighted by molar-refractivity contribution is 6.48. The summed E-state index contributed by atoms with van der Waals surface area (Å²) in [4.78, 5) is 3.91. The van der Waals surface area contributed by atoms with E-state index in [0.29, 0.717) is 12.0 Å². The van der Waals surface area contributed by atoms with Gasteiger partial charge in [-0.25, -0.2) is 0 Å². The molecule has 0 bridgehead atoms. The Labute approximate surface area is 113 Å². The minimum Gasteiger partial charge on any atom is -0.390 e. The Morgan fingerprint density at radius 1 is 1.24 bits per heavy atom. The molecule has 1 atom stereocenters. The Balaban J connectivity index is 2.52. The first kappa shape index (κ1) is 14.7. The first-order valence-corrected chi connectivity index (χ1v) is 6.81. The molecule has 0 saturated heterocycles. The van der Waals surface area contributed by atoms with Gasteiger partial charge in [-0.05, 0) is 24.1 Å². The molecule has 0 fully saturated rings. The minimum absolute atomic E-state index is 0.620. The number of aromatic nitrogens is 1. The molecule has 0 aromatic carbocycles. The number of rotatable bonds is 7. The van der Waals surface area contributed by atoms with Gasteiger partial charge in [0.25, 0.3) is 0 Å². The molecule has 1 unspecified atom stereocenters. The lowest BCUT2D eigenvalue weighted by atomic mass is 10.0. The lowest BCUT2D eigenvalue weighted by Crippen LogP contribution is -2.28. The largest absolute Gasteiger partial charge is 0.390 e. The summed E-state index contributed by atoms with van der Waals surface area (Å²) in [5.41, 5.74) is 0.693. The fourth-order valence-electron chi connectivity index (χ4n) is 1.71. The summed E-state index contributed by atoms with van der Waals surface area (Å²) in [6.45, 7) is 2.15. The number of alkyl halides is 2. The van der Waals surface area contributed by atoms with Crippen molar-refractivity contribution < 1.29 is 5.11 Å². The highest BCUT2D eigenvalue weighted by Gasteiger charge is 2.34. The second-order valence-electron chi connectivity index (χ2n) is 4.22. The van der Waals surface area contributed by atoms with Crippen LogP contribution in [0.2, 0.25) is 0 Å². The zero-order chi connectivity index (χ0) is 12.7. The molecule has 0 radical (unpaired) electrons. The van der Waals surface area contributed by atoms with E-state index < -0.39 is 10.4 Å². The van der Waals surface area contributed by atoms with Gasteiger partial charge in [-0.15, -0.1) is 0 Å². The summed E-state index contributed by atoms with van der Waals surface area (Å²) in [7, 11) is 0. The summed E-state index contributed by atoms with van der Waals surface area (Å²) in [6.07, 6.45) is 7.53. The van der Waals surface area contributed by atoms with Crippen molar-refractivity contribution in [2.45, 2.75) is 49.5 Å². The van der Waals surface area contributed by atoms with Crippen molar-refractivity contribution in [1.82, 2.24) is 4.98 Å². The lowest BCUT2D eigenvalue weighted by Gasteiger charge is -2.26. The van der Waals surface area contributed by atoms with E-state index >= 15 is 0 Å². The molecule has 1 aromatic heterocycles. The van der Waals surface area contributed by atoms with Gasteiger partial charge in [-0.1, -0.05) is 55.8 Å². The molecule has 2 nitrogen and oxygen atoms in total. The van der Waals surface area contributed by atoms with Gasteiger partial charge in [0.2, 0.25) is 0 Å². The highest BCUT2D eigenvalue weighted by atomic mass is 35.5. The van der Waals surface area contributed by atoms with Crippen molar-refractivity contribution in [3.63, 3.8) is 0 Å². The number of nitrogens with zero attached hydrogens (tertiary/aromatic N) is 1. The summed E-state index contributed by atoms with van der Waals surface area (Å²) in [5, 5.41) is 10.0. The Kier molecular flexibility index (Phi) is 6.24. The topological polar surface area (TPSA) is 33.1 Å². The van der Waals surface area contributed by atoms with Crippen LogP contribution in [0.15, 0.2) is 24.5 Å². The van der Waals surface area contributed by atoms with Crippen LogP contribution in [0.1, 0.15) is 44.6 Å². The van der Waals surface area contributed by atoms with Gasteiger partial charge in [0, 0.05) is 12.4 Å². The van der Waals surface area contributed by atoms with Crippen LogP contribution in [0.5, 0.6) is 0 Å². The van der Waals surface area contributed by atoms with Crippen LogP contribution in [-0.2, 0) is 4.33 Å². The van der Waals surface area contributed by atoms with Crippen molar-refractivity contribution in [3.05, 3.63) is 30.1 Å². The summed E-state index contributed by atoms with van der Waals surface area (Å²) in [6, 6.07) is 3.46. The summed E-state index contributed by atoms with van der Waals surface area (Å²) < 4.78 is -1.24. The lowest BCUT2D eigenvalue weighted by molar-refractivity contribution is 0.142. The molecule has 96 valence electrons. The summed E-state index contributed by atoms with van der Waals surface area (Å²) >= 11 is 12.4. The molecule has 1 N–H and O–H groups in total. The van der Waals surface area contributed by atoms with Gasteiger partial charge in [0.15, 0.2) is 4.33 Å². The van der Waals surface area contributed by atoms with Crippen molar-refractivity contribution in [3.8, 4) is 0 Å². The SMILES string of the molecule is CCCCCCC(O)C(Cl)(Cl)c1ccncc1. The van der Waals surface area contributed by atoms with E-state index in [4.69, 9.17) is 23.2 Å². The highest BCUT2D eigenvalue weighted by Crippen LogP contribution is 2.38. The number of aliphatic hydroxyl groups is 1. The van der Waals surface area contributed by atoms with E-state index in [0.717, 1.165) is 12.8 Å². The van der Waals surface area contributed by atoms with Crippen molar-refractivity contribution in [1.29, 1.82) is 0 Å². The Hall–Kier alpha value is -0.310. The van der Waals surface area contributed by atoms with Gasteiger partial charge in [-0.2, -0.15) is 0 Å². The van der Waals surface area contributed by atoms with E-state index in [1.54, 1.807) is 24.5 Å². The molecule has 0 aliphatic heterocycles. The molecular formula is C13H19Cl2NO. The number of pyridine rings is 1. The third kappa shape index (κ3) is 4.46. The fraction of sp³-hybridized carbons (Fsp3) is 0.615. The van der Waals surface area contributed by atoms with Crippen LogP contribution in [0, 0.1) is 0 Å². The molecular weight excluding hydrogens is 257 g/mol. The van der Waals surface area contributed by atoms with Gasteiger partial charge < -0.3 is 5.11 Å². The normalized spacial score (nSPS) is 13.6. The number of unbranched alkanes of at least 4 members (excludes halogenated alkanes) is 3. The second kappa shape index (κ2) is 7.20. The van der Waals surface area contributed by atoms with Crippen molar-refractivity contribution in [2.75, 3.05) is 0 Å². The van der Waals surface area contributed by atoms with Gasteiger partial charge in [0.1, 0.15) is 0 Å². The second-order valence-corrected chi connectivity index (χ2v) is 5.61. The zero-order valence-electron chi connectivity index (χ0n) is 10.1. The maximum atomic E-state index is 10.0. The van der Waals surface area contributed by atoms with Crippen molar-refractivity contribution in [2.24, 2.45) is 0 Å². The standard InChI is InChI=1S/C13H19Cl2NO/c1-2-3-4-5-6-12(17)13(14,15)11-7-9-16-10-8-11/h7-10,12,17H,2-6H2,1H3. The average Bonchev–Trinajstić information content (AvgIpc) is 2.35. The van der Waals surface area contributed by atoms with Crippen LogP contribution in [-0.4, -0.2) is 16.2 Å². The molecule has 17 heavy (non-hydrogen) atoms. The number of halogens is 2. The fourth-order valence-corrected chi connectivity index (χ4v) is 2.18. The Morgan fingerprint density at radius 3 is 2.47 bits per heavy atom. The molecule has 0 saturated carbocycles. The monoisotopic (exact) mass is 275 g/mol. The van der Waals surface area contributed by atoms with Gasteiger partial charge >= 0.3 is 0 Å². The quantitative estimate of drug-likeness (QED) is 0.602. The third-order valence-electron chi connectivity index (χ3n) is 2.81. The van der Waals surface area contributed by atoms with E-state index in [1.165, 1.54) is 12.8 Å². The predicted molar refractivity (Wildman–Crippen MR) is 72.4 cm³/mol. The maximum Gasteiger partial charge on any atom is 0.168 e. The van der Waals surface area contributed by atoms with E-state index in [-0.39, 0.29) is 0 Å². The maximum absolute atomic E-state index is 10.0. The average molecular weight is 276 g/mol. The predicted octanol–water partition coefficient (Wildman–Crippen LogP) is 4.04. The molecule has 0 aliphatic carbocycles. The van der Waals surface area contributed by atoms with Crippen molar-refractivity contribution >= 4 is 23.2 Å². The van der Waals surface area contributed by atoms with Crippen LogP contribution in [0.4, 0.5) is 0 Å². The van der Waals surface area contributed by atoms with E-state index in [1.807, 2.05) is 0 Å². The molecule has 1 aromatic rings. The Bertz CT molecular complexity index is 316. The molecule has 0 spiro atoms. The molecule has 0 amide bonds. The van der Waals surface area contributed by atoms with E-state index in [2.05, 4.69) is 11.9 Å². The third-order valence-corrected chi connectivity index (χ3v) is 3.76. The molecule has 0 aliphatic rings. The number of aliphatic hydroxyl groups excluding tert-OH is 1. The first-order valence-electron chi connectivity index (χ1n) is 6.05. The first-order chi connectivity index (χ1) is 8.09. The summed E-state index contributed by atoms with van der Waals surface area (Å²) in [5.74, 6) is 0. The Morgan fingerprint density at radius 2 is 1.88 bits per heavy atom. The van der Waals surface area contributed by atoms with Crippen LogP contribution in [0.25, 0.3) is 0 Å². The zero-order valence-corrected chi connectivity index (χ0v) is 11.6. The molecule has 1 rings (SSSR count). The van der Waals surface area contributed by atoms with Gasteiger partial charge in [0.05, 0.1) is 6.10 Å². The smallest absolute Gasteiger partial charge is 0.168 e. The number of hydrogen-bond donors (Lipinski definition) is 1. The minimum atomic E-state index is -1.24. The molecule has 4 heteroatoms. The van der Waals surface area contributed by atoms with Crippen LogP contribution < -0.4 is 0 Å². The van der Waals surface area contributed by atoms with E-state index in [9.17, 15) is 5.11 Å². The number of hydrogen-bond acceptors (Lipinski definition) is 2. The van der Waals surface area contributed by atoms with Crippen LogP contribution >= 0.6 is 23.2 Å². The van der Waals surface area contributed by atoms with Crippen LogP contribution in [0.3, 0.4) is 0 Å². The van der Waals surface area contributed by atoms with Gasteiger partial charge in [-0.3, -0.25) is 4.98 Å². The molecule has 1 heterocycles.